The molecule has 136 valence electrons. The maximum atomic E-state index is 13.0. The van der Waals surface area contributed by atoms with Gasteiger partial charge in [-0.05, 0) is 49.1 Å². The summed E-state index contributed by atoms with van der Waals surface area (Å²) in [6, 6.07) is 10.5. The highest BCUT2D eigenvalue weighted by molar-refractivity contribution is 7.16. The van der Waals surface area contributed by atoms with E-state index >= 15 is 0 Å². The fourth-order valence-electron chi connectivity index (χ4n) is 2.71. The molecule has 0 aliphatic carbocycles. The summed E-state index contributed by atoms with van der Waals surface area (Å²) in [5.41, 5.74) is 2.00. The number of benzene rings is 1. The maximum absolute atomic E-state index is 13.0. The number of aromatic nitrogens is 1. The van der Waals surface area contributed by atoms with Gasteiger partial charge in [0.2, 0.25) is 5.91 Å². The van der Waals surface area contributed by atoms with Crippen LogP contribution in [-0.4, -0.2) is 17.4 Å². The molecular formula is C20H21FN2OS2. The number of nitrogens with zero attached hydrogens (tertiary/aromatic N) is 1. The Morgan fingerprint density at radius 2 is 2.00 bits per heavy atom. The van der Waals surface area contributed by atoms with Crippen molar-refractivity contribution in [1.82, 2.24) is 10.3 Å². The number of hydrogen-bond donors (Lipinski definition) is 1. The van der Waals surface area contributed by atoms with Gasteiger partial charge in [0, 0.05) is 23.2 Å². The van der Waals surface area contributed by atoms with E-state index in [-0.39, 0.29) is 17.6 Å². The largest absolute Gasteiger partial charge is 0.356 e. The van der Waals surface area contributed by atoms with Gasteiger partial charge >= 0.3 is 0 Å². The van der Waals surface area contributed by atoms with E-state index in [4.69, 9.17) is 0 Å². The number of carbonyl (C=O) groups excluding carboxylic acids is 1. The summed E-state index contributed by atoms with van der Waals surface area (Å²) >= 11 is 3.37. The van der Waals surface area contributed by atoms with Gasteiger partial charge in [0.1, 0.15) is 5.82 Å². The number of amides is 1. The maximum Gasteiger partial charge on any atom is 0.220 e. The first-order valence-corrected chi connectivity index (χ1v) is 10.2. The first-order valence-electron chi connectivity index (χ1n) is 8.54. The van der Waals surface area contributed by atoms with Gasteiger partial charge in [0.15, 0.2) is 0 Å². The van der Waals surface area contributed by atoms with Crippen molar-refractivity contribution < 1.29 is 9.18 Å². The summed E-state index contributed by atoms with van der Waals surface area (Å²) in [6.07, 6.45) is 1.21. The zero-order chi connectivity index (χ0) is 18.5. The van der Waals surface area contributed by atoms with Gasteiger partial charge in [-0.3, -0.25) is 4.79 Å². The number of carbonyl (C=O) groups is 1. The SMILES string of the molecule is Cc1nc(-c2ccc(CCNC(=O)CC(C)c3ccc(F)cc3)s2)cs1. The molecule has 6 heteroatoms. The second kappa shape index (κ2) is 8.56. The van der Waals surface area contributed by atoms with Gasteiger partial charge in [0.05, 0.1) is 15.6 Å². The zero-order valence-corrected chi connectivity index (χ0v) is 16.4. The third-order valence-electron chi connectivity index (χ3n) is 4.16. The van der Waals surface area contributed by atoms with Crippen LogP contribution in [0, 0.1) is 12.7 Å². The molecule has 3 nitrogen and oxygen atoms in total. The molecule has 26 heavy (non-hydrogen) atoms. The standard InChI is InChI=1S/C20H21FN2OS2/c1-13(15-3-5-16(21)6-4-15)11-20(24)22-10-9-17-7-8-19(26-17)18-12-25-14(2)23-18/h3-8,12-13H,9-11H2,1-2H3,(H,22,24). The molecule has 1 atom stereocenters. The molecule has 0 radical (unpaired) electrons. The minimum atomic E-state index is -0.256. The number of nitrogens with one attached hydrogen (secondary N) is 1. The highest BCUT2D eigenvalue weighted by Gasteiger charge is 2.11. The lowest BCUT2D eigenvalue weighted by atomic mass is 9.97. The summed E-state index contributed by atoms with van der Waals surface area (Å²) in [4.78, 5) is 19.0. The lowest BCUT2D eigenvalue weighted by molar-refractivity contribution is -0.121. The van der Waals surface area contributed by atoms with Crippen molar-refractivity contribution in [3.05, 3.63) is 63.0 Å². The van der Waals surface area contributed by atoms with Crippen LogP contribution in [0.5, 0.6) is 0 Å². The Balaban J connectivity index is 1.45. The molecule has 0 bridgehead atoms. The molecular weight excluding hydrogens is 367 g/mol. The molecule has 0 spiro atoms. The van der Waals surface area contributed by atoms with E-state index in [1.165, 1.54) is 21.9 Å². The van der Waals surface area contributed by atoms with E-state index < -0.39 is 0 Å². The summed E-state index contributed by atoms with van der Waals surface area (Å²) in [7, 11) is 0. The lowest BCUT2D eigenvalue weighted by Crippen LogP contribution is -2.26. The van der Waals surface area contributed by atoms with Crippen molar-refractivity contribution in [2.75, 3.05) is 6.54 Å². The molecule has 1 unspecified atom stereocenters. The Kier molecular flexibility index (Phi) is 6.16. The molecule has 0 saturated carbocycles. The monoisotopic (exact) mass is 388 g/mol. The van der Waals surface area contributed by atoms with Crippen molar-refractivity contribution >= 4 is 28.6 Å². The number of thiazole rings is 1. The molecule has 1 N–H and O–H groups in total. The molecule has 0 aliphatic heterocycles. The van der Waals surface area contributed by atoms with E-state index in [2.05, 4.69) is 27.8 Å². The summed E-state index contributed by atoms with van der Waals surface area (Å²) in [5, 5.41) is 6.12. The fraction of sp³-hybridized carbons (Fsp3) is 0.300. The molecule has 2 heterocycles. The normalized spacial score (nSPS) is 12.1. The predicted octanol–water partition coefficient (Wildman–Crippen LogP) is 5.17. The van der Waals surface area contributed by atoms with Gasteiger partial charge in [-0.1, -0.05) is 19.1 Å². The van der Waals surface area contributed by atoms with Crippen molar-refractivity contribution in [2.24, 2.45) is 0 Å². The number of halogens is 1. The molecule has 1 amide bonds. The zero-order valence-electron chi connectivity index (χ0n) is 14.8. The molecule has 1 aromatic carbocycles. The Morgan fingerprint density at radius 1 is 1.23 bits per heavy atom. The second-order valence-electron chi connectivity index (χ2n) is 6.27. The van der Waals surface area contributed by atoms with Gasteiger partial charge in [0.25, 0.3) is 0 Å². The number of thiophene rings is 1. The van der Waals surface area contributed by atoms with Crippen LogP contribution in [0.25, 0.3) is 10.6 Å². The number of hydrogen-bond acceptors (Lipinski definition) is 4. The minimum Gasteiger partial charge on any atom is -0.356 e. The van der Waals surface area contributed by atoms with Crippen molar-refractivity contribution in [2.45, 2.75) is 32.6 Å². The molecule has 3 rings (SSSR count). The van der Waals surface area contributed by atoms with E-state index in [1.54, 1.807) is 34.8 Å². The molecule has 3 aromatic rings. The van der Waals surface area contributed by atoms with Crippen molar-refractivity contribution in [3.63, 3.8) is 0 Å². The van der Waals surface area contributed by atoms with Crippen LogP contribution in [0.4, 0.5) is 4.39 Å². The third kappa shape index (κ3) is 4.99. The van der Waals surface area contributed by atoms with Crippen LogP contribution in [0.15, 0.2) is 41.8 Å². The Hall–Kier alpha value is -2.05. The summed E-state index contributed by atoms with van der Waals surface area (Å²) in [6.45, 7) is 4.60. The molecule has 0 fully saturated rings. The van der Waals surface area contributed by atoms with Gasteiger partial charge in [-0.25, -0.2) is 9.37 Å². The first-order chi connectivity index (χ1) is 12.5. The third-order valence-corrected chi connectivity index (χ3v) is 6.10. The van der Waals surface area contributed by atoms with Crippen LogP contribution < -0.4 is 5.32 Å². The molecule has 2 aromatic heterocycles. The molecule has 0 aliphatic rings. The van der Waals surface area contributed by atoms with Gasteiger partial charge < -0.3 is 5.32 Å². The smallest absolute Gasteiger partial charge is 0.220 e. The van der Waals surface area contributed by atoms with Crippen molar-refractivity contribution in [3.8, 4) is 10.6 Å². The first kappa shape index (κ1) is 18.7. The number of aryl methyl sites for hydroxylation is 1. The van der Waals surface area contributed by atoms with Crippen LogP contribution in [0.1, 0.15) is 34.7 Å². The van der Waals surface area contributed by atoms with Gasteiger partial charge in [-0.2, -0.15) is 0 Å². The van der Waals surface area contributed by atoms with Crippen LogP contribution in [0.2, 0.25) is 0 Å². The van der Waals surface area contributed by atoms with Gasteiger partial charge in [-0.15, -0.1) is 22.7 Å². The van der Waals surface area contributed by atoms with Crippen LogP contribution in [0.3, 0.4) is 0 Å². The number of rotatable bonds is 7. The Morgan fingerprint density at radius 3 is 2.69 bits per heavy atom. The van der Waals surface area contributed by atoms with E-state index in [0.29, 0.717) is 13.0 Å². The Bertz CT molecular complexity index is 870. The highest BCUT2D eigenvalue weighted by Crippen LogP contribution is 2.29. The predicted molar refractivity (Wildman–Crippen MR) is 106 cm³/mol. The highest BCUT2D eigenvalue weighted by atomic mass is 32.1. The summed E-state index contributed by atoms with van der Waals surface area (Å²) < 4.78 is 13.0. The minimum absolute atomic E-state index is 0.0220. The Labute approximate surface area is 160 Å². The average molecular weight is 389 g/mol. The lowest BCUT2D eigenvalue weighted by Gasteiger charge is -2.12. The van der Waals surface area contributed by atoms with E-state index in [1.807, 2.05) is 13.8 Å². The quantitative estimate of drug-likeness (QED) is 0.606. The topological polar surface area (TPSA) is 42.0 Å². The van der Waals surface area contributed by atoms with Crippen LogP contribution >= 0.6 is 22.7 Å². The van der Waals surface area contributed by atoms with Crippen LogP contribution in [-0.2, 0) is 11.2 Å². The van der Waals surface area contributed by atoms with E-state index in [0.717, 1.165) is 22.7 Å². The molecule has 0 saturated heterocycles. The van der Waals surface area contributed by atoms with E-state index in [9.17, 15) is 9.18 Å². The van der Waals surface area contributed by atoms with Crippen molar-refractivity contribution in [1.29, 1.82) is 0 Å². The second-order valence-corrected chi connectivity index (χ2v) is 8.50. The summed E-state index contributed by atoms with van der Waals surface area (Å²) in [5.74, 6) is -0.167. The average Bonchev–Trinajstić information content (AvgIpc) is 3.24. The fourth-order valence-corrected chi connectivity index (χ4v) is 4.37.